The maximum Gasteiger partial charge on any atom is 0.315 e. The summed E-state index contributed by atoms with van der Waals surface area (Å²) in [6.45, 7) is 4.33. The van der Waals surface area contributed by atoms with E-state index in [-0.39, 0.29) is 6.04 Å². The summed E-state index contributed by atoms with van der Waals surface area (Å²) in [5.41, 5.74) is 0.298. The van der Waals surface area contributed by atoms with Crippen molar-refractivity contribution in [2.75, 3.05) is 0 Å². The molecule has 2 nitrogen and oxygen atoms in total. The van der Waals surface area contributed by atoms with E-state index in [2.05, 4.69) is 19.2 Å². The Balaban J connectivity index is 2.33. The summed E-state index contributed by atoms with van der Waals surface area (Å²) in [5, 5.41) is 2.37. The predicted molar refractivity (Wildman–Crippen MR) is 50.2 cm³/mol. The molecule has 1 aliphatic carbocycles. The Hall–Kier alpha value is -0.670. The summed E-state index contributed by atoms with van der Waals surface area (Å²) in [6, 6.07) is -0.0514. The van der Waals surface area contributed by atoms with Gasteiger partial charge in [0.05, 0.1) is 0 Å². The average molecular weight is 205 g/mol. The van der Waals surface area contributed by atoms with Crippen LogP contribution < -0.4 is 5.32 Å². The molecular formula is C10H17F2NO. The number of carbonyl (C=O) groups excluding carboxylic acids is 1. The van der Waals surface area contributed by atoms with E-state index in [9.17, 15) is 13.6 Å². The van der Waals surface area contributed by atoms with Crippen LogP contribution in [0.2, 0.25) is 0 Å². The molecule has 1 amide bonds. The highest BCUT2D eigenvalue weighted by Crippen LogP contribution is 2.34. The van der Waals surface area contributed by atoms with Crippen molar-refractivity contribution in [1.29, 1.82) is 0 Å². The van der Waals surface area contributed by atoms with Crippen LogP contribution in [0, 0.1) is 5.41 Å². The Bertz CT molecular complexity index is 206. The van der Waals surface area contributed by atoms with E-state index in [0.29, 0.717) is 5.41 Å². The molecule has 0 heterocycles. The Morgan fingerprint density at radius 3 is 2.29 bits per heavy atom. The molecular weight excluding hydrogens is 188 g/mol. The van der Waals surface area contributed by atoms with Crippen LogP contribution in [-0.2, 0) is 4.79 Å². The molecule has 0 radical (unpaired) electrons. The highest BCUT2D eigenvalue weighted by Gasteiger charge is 2.28. The van der Waals surface area contributed by atoms with Crippen molar-refractivity contribution in [3.8, 4) is 0 Å². The predicted octanol–water partition coefficient (Wildman–Crippen LogP) is 2.34. The van der Waals surface area contributed by atoms with Crippen LogP contribution in [0.4, 0.5) is 8.78 Å². The van der Waals surface area contributed by atoms with Crippen molar-refractivity contribution >= 4 is 5.91 Å². The average Bonchev–Trinajstić information content (AvgIpc) is 2.08. The number of hydrogen-bond acceptors (Lipinski definition) is 1. The molecule has 0 saturated heterocycles. The molecule has 0 bridgehead atoms. The molecule has 0 aliphatic heterocycles. The second kappa shape index (κ2) is 4.24. The molecule has 1 rings (SSSR count). The molecule has 1 N–H and O–H groups in total. The maximum absolute atomic E-state index is 11.9. The minimum absolute atomic E-state index is 0.0514. The van der Waals surface area contributed by atoms with Gasteiger partial charge in [-0.15, -0.1) is 0 Å². The molecule has 1 fully saturated rings. The molecule has 0 aromatic heterocycles. The molecule has 1 saturated carbocycles. The van der Waals surface area contributed by atoms with Gasteiger partial charge in [-0.3, -0.25) is 4.79 Å². The lowest BCUT2D eigenvalue weighted by Crippen LogP contribution is -2.41. The van der Waals surface area contributed by atoms with Crippen LogP contribution in [0.5, 0.6) is 0 Å². The van der Waals surface area contributed by atoms with Gasteiger partial charge in [-0.1, -0.05) is 13.8 Å². The highest BCUT2D eigenvalue weighted by atomic mass is 19.3. The summed E-state index contributed by atoms with van der Waals surface area (Å²) in [6.07, 6.45) is 0.712. The number of amides is 1. The van der Waals surface area contributed by atoms with Gasteiger partial charge in [0.25, 0.3) is 5.91 Å². The SMILES string of the molecule is CC1(C)CCC(NC(=O)C(F)F)CC1. The Morgan fingerprint density at radius 1 is 1.36 bits per heavy atom. The van der Waals surface area contributed by atoms with Crippen molar-refractivity contribution < 1.29 is 13.6 Å². The molecule has 0 aromatic rings. The standard InChI is InChI=1S/C10H17F2NO/c1-10(2)5-3-7(4-6-10)13-9(14)8(11)12/h7-8H,3-6H2,1-2H3,(H,13,14). The first-order valence-electron chi connectivity index (χ1n) is 4.99. The van der Waals surface area contributed by atoms with Gasteiger partial charge in [0.1, 0.15) is 0 Å². The van der Waals surface area contributed by atoms with E-state index in [1.54, 1.807) is 0 Å². The van der Waals surface area contributed by atoms with Gasteiger partial charge >= 0.3 is 6.43 Å². The van der Waals surface area contributed by atoms with Crippen molar-refractivity contribution in [1.82, 2.24) is 5.32 Å². The normalized spacial score (nSPS) is 22.4. The third-order valence-electron chi connectivity index (χ3n) is 2.88. The van der Waals surface area contributed by atoms with Crippen LogP contribution in [0.3, 0.4) is 0 Å². The maximum atomic E-state index is 11.9. The summed E-state index contributed by atoms with van der Waals surface area (Å²) >= 11 is 0. The fourth-order valence-corrected chi connectivity index (χ4v) is 1.81. The molecule has 0 atom stereocenters. The Labute approximate surface area is 83.1 Å². The smallest absolute Gasteiger partial charge is 0.315 e. The number of hydrogen-bond donors (Lipinski definition) is 1. The van der Waals surface area contributed by atoms with Crippen LogP contribution in [0.15, 0.2) is 0 Å². The number of alkyl halides is 2. The van der Waals surface area contributed by atoms with Crippen LogP contribution in [-0.4, -0.2) is 18.4 Å². The third-order valence-corrected chi connectivity index (χ3v) is 2.88. The summed E-state index contributed by atoms with van der Waals surface area (Å²) in [7, 11) is 0. The fourth-order valence-electron chi connectivity index (χ4n) is 1.81. The first kappa shape index (κ1) is 11.4. The zero-order chi connectivity index (χ0) is 10.8. The number of nitrogens with one attached hydrogen (secondary N) is 1. The van der Waals surface area contributed by atoms with Gasteiger partial charge in [0.2, 0.25) is 0 Å². The minimum Gasteiger partial charge on any atom is -0.348 e. The summed E-state index contributed by atoms with van der Waals surface area (Å²) in [5.74, 6) is -1.13. The van der Waals surface area contributed by atoms with E-state index in [1.165, 1.54) is 0 Å². The molecule has 1 aliphatic rings. The van der Waals surface area contributed by atoms with Gasteiger partial charge in [-0.05, 0) is 31.1 Å². The second-order valence-electron chi connectivity index (χ2n) is 4.75. The largest absolute Gasteiger partial charge is 0.348 e. The minimum atomic E-state index is -2.88. The van der Waals surface area contributed by atoms with Gasteiger partial charge < -0.3 is 5.32 Å². The van der Waals surface area contributed by atoms with Crippen molar-refractivity contribution in [2.24, 2.45) is 5.41 Å². The zero-order valence-electron chi connectivity index (χ0n) is 8.65. The highest BCUT2D eigenvalue weighted by molar-refractivity contribution is 5.79. The summed E-state index contributed by atoms with van der Waals surface area (Å²) < 4.78 is 23.8. The lowest BCUT2D eigenvalue weighted by Gasteiger charge is -2.34. The van der Waals surface area contributed by atoms with E-state index in [0.717, 1.165) is 25.7 Å². The molecule has 82 valence electrons. The van der Waals surface area contributed by atoms with Crippen LogP contribution in [0.1, 0.15) is 39.5 Å². The lowest BCUT2D eigenvalue weighted by atomic mass is 9.75. The van der Waals surface area contributed by atoms with Gasteiger partial charge in [0, 0.05) is 6.04 Å². The first-order valence-corrected chi connectivity index (χ1v) is 4.99. The molecule has 0 unspecified atom stereocenters. The van der Waals surface area contributed by atoms with Crippen molar-refractivity contribution in [3.63, 3.8) is 0 Å². The Kier molecular flexibility index (Phi) is 3.45. The molecule has 0 spiro atoms. The first-order chi connectivity index (χ1) is 6.41. The van der Waals surface area contributed by atoms with Gasteiger partial charge in [0.15, 0.2) is 0 Å². The monoisotopic (exact) mass is 205 g/mol. The Morgan fingerprint density at radius 2 is 1.86 bits per heavy atom. The fraction of sp³-hybridized carbons (Fsp3) is 0.900. The second-order valence-corrected chi connectivity index (χ2v) is 4.75. The van der Waals surface area contributed by atoms with Crippen molar-refractivity contribution in [2.45, 2.75) is 52.0 Å². The van der Waals surface area contributed by atoms with E-state index in [4.69, 9.17) is 0 Å². The molecule has 14 heavy (non-hydrogen) atoms. The van der Waals surface area contributed by atoms with Crippen LogP contribution >= 0.6 is 0 Å². The van der Waals surface area contributed by atoms with E-state index >= 15 is 0 Å². The quantitative estimate of drug-likeness (QED) is 0.736. The third kappa shape index (κ3) is 3.24. The van der Waals surface area contributed by atoms with Crippen LogP contribution in [0.25, 0.3) is 0 Å². The molecule has 0 aromatic carbocycles. The summed E-state index contributed by atoms with van der Waals surface area (Å²) in [4.78, 5) is 10.7. The molecule has 4 heteroatoms. The lowest BCUT2D eigenvalue weighted by molar-refractivity contribution is -0.132. The number of carbonyl (C=O) groups is 1. The van der Waals surface area contributed by atoms with E-state index < -0.39 is 12.3 Å². The number of halogens is 2. The van der Waals surface area contributed by atoms with Gasteiger partial charge in [-0.25, -0.2) is 0 Å². The van der Waals surface area contributed by atoms with Crippen molar-refractivity contribution in [3.05, 3.63) is 0 Å². The van der Waals surface area contributed by atoms with Gasteiger partial charge in [-0.2, -0.15) is 8.78 Å². The zero-order valence-corrected chi connectivity index (χ0v) is 8.65. The van der Waals surface area contributed by atoms with E-state index in [1.807, 2.05) is 0 Å². The number of rotatable bonds is 2. The topological polar surface area (TPSA) is 29.1 Å².